The molecule has 22 heavy (non-hydrogen) atoms. The predicted octanol–water partition coefficient (Wildman–Crippen LogP) is 4.05. The van der Waals surface area contributed by atoms with Gasteiger partial charge in [-0.2, -0.15) is 11.1 Å². The van der Waals surface area contributed by atoms with Crippen molar-refractivity contribution in [1.29, 1.82) is 0 Å². The molecular weight excluding hydrogens is 272 g/mol. The molecule has 130 valence electrons. The summed E-state index contributed by atoms with van der Waals surface area (Å²) in [6.07, 6.45) is 20.9. The van der Waals surface area contributed by atoms with Crippen molar-refractivity contribution >= 4 is 0 Å². The van der Waals surface area contributed by atoms with Gasteiger partial charge < -0.3 is 0 Å². The van der Waals surface area contributed by atoms with Crippen molar-refractivity contribution in [1.82, 2.24) is 21.5 Å². The first-order valence-electron chi connectivity index (χ1n) is 9.97. The molecule has 2 fully saturated rings. The number of hydrazine groups is 3. The smallest absolute Gasteiger partial charge is 0.0257 e. The molecule has 1 heterocycles. The lowest BCUT2D eigenvalue weighted by atomic mass is 10.0. The van der Waals surface area contributed by atoms with Gasteiger partial charge in [-0.05, 0) is 25.7 Å². The van der Waals surface area contributed by atoms with Gasteiger partial charge in [0.1, 0.15) is 0 Å². The van der Waals surface area contributed by atoms with Crippen LogP contribution >= 0.6 is 0 Å². The fourth-order valence-corrected chi connectivity index (χ4v) is 3.81. The molecule has 1 saturated carbocycles. The van der Waals surface area contributed by atoms with Gasteiger partial charge in [-0.15, -0.1) is 0 Å². The van der Waals surface area contributed by atoms with Crippen LogP contribution in [-0.2, 0) is 0 Å². The highest BCUT2D eigenvalue weighted by Gasteiger charge is 2.18. The zero-order valence-electron chi connectivity index (χ0n) is 14.5. The topological polar surface area (TPSA) is 39.3 Å². The van der Waals surface area contributed by atoms with Crippen LogP contribution in [-0.4, -0.2) is 24.1 Å². The molecule has 1 saturated heterocycles. The van der Waals surface area contributed by atoms with Gasteiger partial charge in [0, 0.05) is 19.1 Å². The Labute approximate surface area is 137 Å². The van der Waals surface area contributed by atoms with Gasteiger partial charge in [0.25, 0.3) is 0 Å². The predicted molar refractivity (Wildman–Crippen MR) is 94.0 cm³/mol. The Morgan fingerprint density at radius 3 is 1.82 bits per heavy atom. The number of nitrogens with one attached hydrogen (secondary N) is 3. The lowest BCUT2D eigenvalue weighted by Gasteiger charge is -2.32. The van der Waals surface area contributed by atoms with Crippen molar-refractivity contribution in [2.45, 2.75) is 102 Å². The first kappa shape index (κ1) is 18.2. The number of hydrogen-bond donors (Lipinski definition) is 3. The van der Waals surface area contributed by atoms with Gasteiger partial charge in [0.15, 0.2) is 0 Å². The summed E-state index contributed by atoms with van der Waals surface area (Å²) in [4.78, 5) is 0. The van der Waals surface area contributed by atoms with Gasteiger partial charge in [0.05, 0.1) is 0 Å². The fraction of sp³-hybridized carbons (Fsp3) is 1.00. The van der Waals surface area contributed by atoms with Crippen molar-refractivity contribution in [2.75, 3.05) is 13.1 Å². The summed E-state index contributed by atoms with van der Waals surface area (Å²) in [5.74, 6) is 0. The first-order chi connectivity index (χ1) is 11.0. The van der Waals surface area contributed by atoms with Crippen LogP contribution in [0, 0.1) is 0 Å². The molecule has 2 rings (SSSR count). The third-order valence-electron chi connectivity index (χ3n) is 5.25. The van der Waals surface area contributed by atoms with E-state index >= 15 is 0 Å². The molecule has 4 heteroatoms. The van der Waals surface area contributed by atoms with Crippen LogP contribution in [0.2, 0.25) is 0 Å². The van der Waals surface area contributed by atoms with Crippen molar-refractivity contribution in [2.24, 2.45) is 0 Å². The number of rotatable bonds is 1. The molecule has 0 amide bonds. The lowest BCUT2D eigenvalue weighted by molar-refractivity contribution is 0.0685. The van der Waals surface area contributed by atoms with E-state index in [-0.39, 0.29) is 0 Å². The Morgan fingerprint density at radius 1 is 0.591 bits per heavy atom. The molecule has 0 aromatic heterocycles. The van der Waals surface area contributed by atoms with Gasteiger partial charge in [-0.3, -0.25) is 0 Å². The molecule has 0 spiro atoms. The normalized spacial score (nSPS) is 26.7. The highest BCUT2D eigenvalue weighted by atomic mass is 15.8. The second-order valence-corrected chi connectivity index (χ2v) is 7.18. The van der Waals surface area contributed by atoms with Crippen LogP contribution in [0.15, 0.2) is 0 Å². The molecule has 0 atom stereocenters. The highest BCUT2D eigenvalue weighted by molar-refractivity contribution is 4.70. The van der Waals surface area contributed by atoms with E-state index in [1.165, 1.54) is 103 Å². The molecule has 2 aliphatic rings. The molecule has 0 aromatic carbocycles. The summed E-state index contributed by atoms with van der Waals surface area (Å²) in [5.41, 5.74) is 10.0. The van der Waals surface area contributed by atoms with Gasteiger partial charge >= 0.3 is 0 Å². The molecule has 3 N–H and O–H groups in total. The van der Waals surface area contributed by atoms with E-state index in [1.54, 1.807) is 0 Å². The molecule has 1 aliphatic carbocycles. The molecule has 0 bridgehead atoms. The minimum atomic E-state index is 0.702. The Bertz CT molecular complexity index is 209. The zero-order chi connectivity index (χ0) is 15.3. The average Bonchev–Trinajstić information content (AvgIpc) is 2.64. The van der Waals surface area contributed by atoms with Crippen molar-refractivity contribution < 1.29 is 0 Å². The van der Waals surface area contributed by atoms with E-state index in [4.69, 9.17) is 0 Å². The van der Waals surface area contributed by atoms with Crippen LogP contribution in [0.25, 0.3) is 0 Å². The summed E-state index contributed by atoms with van der Waals surface area (Å²) in [5, 5.41) is 2.50. The minimum Gasteiger partial charge on any atom is -0.243 e. The lowest BCUT2D eigenvalue weighted by Crippen LogP contribution is -2.56. The Hall–Kier alpha value is -0.160. The second-order valence-electron chi connectivity index (χ2n) is 7.18. The van der Waals surface area contributed by atoms with Crippen molar-refractivity contribution in [3.63, 3.8) is 0 Å². The Balaban J connectivity index is 1.83. The monoisotopic (exact) mass is 310 g/mol. The minimum absolute atomic E-state index is 0.702. The van der Waals surface area contributed by atoms with Gasteiger partial charge in [-0.1, -0.05) is 70.6 Å². The SMILES string of the molecule is C1CCCCCC(N2CCCCCCCNNN2)CCCC1. The highest BCUT2D eigenvalue weighted by Crippen LogP contribution is 2.20. The number of nitrogens with zero attached hydrogens (tertiary/aromatic N) is 1. The number of hydrogen-bond acceptors (Lipinski definition) is 4. The van der Waals surface area contributed by atoms with Crippen LogP contribution in [0.3, 0.4) is 0 Å². The van der Waals surface area contributed by atoms with Gasteiger partial charge in [0.2, 0.25) is 0 Å². The molecule has 1 aliphatic heterocycles. The van der Waals surface area contributed by atoms with Crippen molar-refractivity contribution in [3.8, 4) is 0 Å². The van der Waals surface area contributed by atoms with Crippen LogP contribution in [0.4, 0.5) is 0 Å². The molecular formula is C18H38N4. The summed E-state index contributed by atoms with van der Waals surface area (Å²) in [6.45, 7) is 2.24. The summed E-state index contributed by atoms with van der Waals surface area (Å²) in [6, 6.07) is 0.702. The van der Waals surface area contributed by atoms with E-state index in [9.17, 15) is 0 Å². The maximum absolute atomic E-state index is 3.46. The standard InChI is InChI=1S/C18H38N4/c1-2-4-7-11-15-18(14-10-6-3-1)22-17-13-9-5-8-12-16-19-20-21-22/h18-21H,1-17H2. The molecule has 4 nitrogen and oxygen atoms in total. The van der Waals surface area contributed by atoms with Crippen LogP contribution in [0.5, 0.6) is 0 Å². The summed E-state index contributed by atoms with van der Waals surface area (Å²) in [7, 11) is 0. The average molecular weight is 311 g/mol. The molecule has 0 unspecified atom stereocenters. The van der Waals surface area contributed by atoms with E-state index < -0.39 is 0 Å². The molecule has 0 radical (unpaired) electrons. The largest absolute Gasteiger partial charge is 0.243 e. The van der Waals surface area contributed by atoms with Gasteiger partial charge in [-0.25, -0.2) is 10.4 Å². The summed E-state index contributed by atoms with van der Waals surface area (Å²) < 4.78 is 0. The fourth-order valence-electron chi connectivity index (χ4n) is 3.81. The summed E-state index contributed by atoms with van der Waals surface area (Å²) >= 11 is 0. The van der Waals surface area contributed by atoms with E-state index in [0.29, 0.717) is 6.04 Å². The Kier molecular flexibility index (Phi) is 10.2. The second kappa shape index (κ2) is 12.3. The van der Waals surface area contributed by atoms with E-state index in [1.807, 2.05) is 0 Å². The third-order valence-corrected chi connectivity index (χ3v) is 5.25. The zero-order valence-corrected chi connectivity index (χ0v) is 14.5. The van der Waals surface area contributed by atoms with E-state index in [0.717, 1.165) is 6.54 Å². The first-order valence-corrected chi connectivity index (χ1v) is 9.97. The van der Waals surface area contributed by atoms with E-state index in [2.05, 4.69) is 21.5 Å². The third kappa shape index (κ3) is 7.91. The van der Waals surface area contributed by atoms with Crippen LogP contribution < -0.4 is 16.5 Å². The quantitative estimate of drug-likeness (QED) is 0.683. The maximum atomic E-state index is 3.46. The van der Waals surface area contributed by atoms with Crippen molar-refractivity contribution in [3.05, 3.63) is 0 Å². The maximum Gasteiger partial charge on any atom is 0.0257 e. The Morgan fingerprint density at radius 2 is 1.14 bits per heavy atom. The van der Waals surface area contributed by atoms with Crippen LogP contribution in [0.1, 0.15) is 96.3 Å². The molecule has 0 aromatic rings.